The highest BCUT2D eigenvalue weighted by Crippen LogP contribution is 2.38. The van der Waals surface area contributed by atoms with E-state index in [4.69, 9.17) is 0 Å². The monoisotopic (exact) mass is 192 g/mol. The van der Waals surface area contributed by atoms with Crippen molar-refractivity contribution in [3.05, 3.63) is 27.9 Å². The molecule has 1 aromatic rings. The summed E-state index contributed by atoms with van der Waals surface area (Å²) < 4.78 is 0. The van der Waals surface area contributed by atoms with Gasteiger partial charge in [0.15, 0.2) is 0 Å². The van der Waals surface area contributed by atoms with Gasteiger partial charge in [0.2, 0.25) is 0 Å². The van der Waals surface area contributed by atoms with Crippen molar-refractivity contribution in [3.8, 4) is 0 Å². The first-order valence-corrected chi connectivity index (χ1v) is 5.32. The van der Waals surface area contributed by atoms with E-state index in [0.29, 0.717) is 11.8 Å². The van der Waals surface area contributed by atoms with E-state index in [9.17, 15) is 4.79 Å². The highest BCUT2D eigenvalue weighted by atomic mass is 16.1. The maximum absolute atomic E-state index is 11.4. The third kappa shape index (κ3) is 1.86. The first kappa shape index (κ1) is 9.44. The van der Waals surface area contributed by atoms with Crippen molar-refractivity contribution in [1.82, 2.24) is 9.97 Å². The smallest absolute Gasteiger partial charge is 0.251 e. The van der Waals surface area contributed by atoms with Crippen LogP contribution in [0.25, 0.3) is 0 Å². The summed E-state index contributed by atoms with van der Waals surface area (Å²) in [6.45, 7) is 4.20. The summed E-state index contributed by atoms with van der Waals surface area (Å²) in [6, 6.07) is 1.64. The van der Waals surface area contributed by atoms with E-state index >= 15 is 0 Å². The minimum absolute atomic E-state index is 0.00259. The summed E-state index contributed by atoms with van der Waals surface area (Å²) in [4.78, 5) is 18.7. The van der Waals surface area contributed by atoms with E-state index in [1.807, 2.05) is 0 Å². The van der Waals surface area contributed by atoms with E-state index < -0.39 is 0 Å². The van der Waals surface area contributed by atoms with E-state index in [1.165, 1.54) is 12.8 Å². The van der Waals surface area contributed by atoms with Gasteiger partial charge in [-0.15, -0.1) is 0 Å². The second-order valence-electron chi connectivity index (χ2n) is 4.14. The van der Waals surface area contributed by atoms with Crippen LogP contribution in [0.2, 0.25) is 0 Å². The molecule has 1 fully saturated rings. The van der Waals surface area contributed by atoms with Crippen molar-refractivity contribution in [2.45, 2.75) is 44.9 Å². The number of rotatable bonds is 3. The first-order chi connectivity index (χ1) is 6.70. The van der Waals surface area contributed by atoms with Gasteiger partial charge in [0.05, 0.1) is 5.69 Å². The highest BCUT2D eigenvalue weighted by Gasteiger charge is 2.26. The standard InChI is InChI=1S/C11H16N2O/c1-3-7(2)11-12-9(8-4-5-8)6-10(14)13-11/h6-8H,3-5H2,1-2H3,(H,12,13,14). The van der Waals surface area contributed by atoms with Crippen LogP contribution in [0, 0.1) is 0 Å². The molecule has 0 aromatic carbocycles. The van der Waals surface area contributed by atoms with E-state index in [2.05, 4.69) is 23.8 Å². The van der Waals surface area contributed by atoms with Crippen LogP contribution in [0.5, 0.6) is 0 Å². The third-order valence-electron chi connectivity index (χ3n) is 2.85. The summed E-state index contributed by atoms with van der Waals surface area (Å²) in [5.41, 5.74) is 0.987. The summed E-state index contributed by atoms with van der Waals surface area (Å²) >= 11 is 0. The molecule has 0 bridgehead atoms. The van der Waals surface area contributed by atoms with Crippen molar-refractivity contribution in [3.63, 3.8) is 0 Å². The molecule has 0 radical (unpaired) electrons. The Balaban J connectivity index is 2.35. The Morgan fingerprint density at radius 3 is 2.93 bits per heavy atom. The second-order valence-corrected chi connectivity index (χ2v) is 4.14. The maximum Gasteiger partial charge on any atom is 0.251 e. The maximum atomic E-state index is 11.4. The van der Waals surface area contributed by atoms with Gasteiger partial charge in [0.25, 0.3) is 5.56 Å². The molecule has 1 atom stereocenters. The van der Waals surface area contributed by atoms with Crippen molar-refractivity contribution < 1.29 is 0 Å². The molecule has 0 aliphatic heterocycles. The van der Waals surface area contributed by atoms with Gasteiger partial charge in [0, 0.05) is 17.9 Å². The van der Waals surface area contributed by atoms with Crippen molar-refractivity contribution in [2.24, 2.45) is 0 Å². The zero-order chi connectivity index (χ0) is 10.1. The molecule has 2 rings (SSSR count). The number of nitrogens with one attached hydrogen (secondary N) is 1. The van der Waals surface area contributed by atoms with Gasteiger partial charge < -0.3 is 4.98 Å². The summed E-state index contributed by atoms with van der Waals surface area (Å²) in [7, 11) is 0. The molecule has 1 aliphatic rings. The van der Waals surface area contributed by atoms with Crippen LogP contribution in [-0.2, 0) is 0 Å². The zero-order valence-corrected chi connectivity index (χ0v) is 8.71. The predicted octanol–water partition coefficient (Wildman–Crippen LogP) is 2.16. The average Bonchev–Trinajstić information content (AvgIpc) is 2.98. The van der Waals surface area contributed by atoms with Crippen LogP contribution in [-0.4, -0.2) is 9.97 Å². The average molecular weight is 192 g/mol. The molecule has 1 N–H and O–H groups in total. The molecule has 1 unspecified atom stereocenters. The number of hydrogen-bond donors (Lipinski definition) is 1. The van der Waals surface area contributed by atoms with Crippen molar-refractivity contribution >= 4 is 0 Å². The van der Waals surface area contributed by atoms with Crippen LogP contribution >= 0.6 is 0 Å². The number of hydrogen-bond acceptors (Lipinski definition) is 2. The summed E-state index contributed by atoms with van der Waals surface area (Å²) in [5.74, 6) is 1.75. The molecule has 3 nitrogen and oxygen atoms in total. The fourth-order valence-electron chi connectivity index (χ4n) is 1.51. The second kappa shape index (κ2) is 3.56. The van der Waals surface area contributed by atoms with Gasteiger partial charge in [-0.05, 0) is 19.3 Å². The molecule has 3 heteroatoms. The molecule has 14 heavy (non-hydrogen) atoms. The van der Waals surface area contributed by atoms with Crippen molar-refractivity contribution in [1.29, 1.82) is 0 Å². The quantitative estimate of drug-likeness (QED) is 0.797. The number of aromatic nitrogens is 2. The van der Waals surface area contributed by atoms with E-state index in [0.717, 1.165) is 17.9 Å². The minimum Gasteiger partial charge on any atom is -0.310 e. The Morgan fingerprint density at radius 2 is 2.36 bits per heavy atom. The van der Waals surface area contributed by atoms with Crippen LogP contribution in [0.15, 0.2) is 10.9 Å². The van der Waals surface area contributed by atoms with Crippen LogP contribution in [0.3, 0.4) is 0 Å². The molecule has 0 spiro atoms. The lowest BCUT2D eigenvalue weighted by molar-refractivity contribution is 0.666. The number of nitrogens with zero attached hydrogens (tertiary/aromatic N) is 1. The molecular formula is C11H16N2O. The normalized spacial score (nSPS) is 18.1. The van der Waals surface area contributed by atoms with Gasteiger partial charge >= 0.3 is 0 Å². The molecule has 0 saturated heterocycles. The van der Waals surface area contributed by atoms with Gasteiger partial charge in [-0.25, -0.2) is 4.98 Å². The molecule has 1 heterocycles. The topological polar surface area (TPSA) is 45.8 Å². The van der Waals surface area contributed by atoms with E-state index in [1.54, 1.807) is 6.07 Å². The molecule has 1 saturated carbocycles. The molecular weight excluding hydrogens is 176 g/mol. The molecule has 76 valence electrons. The van der Waals surface area contributed by atoms with Crippen LogP contribution < -0.4 is 5.56 Å². The zero-order valence-electron chi connectivity index (χ0n) is 8.71. The van der Waals surface area contributed by atoms with Crippen LogP contribution in [0.4, 0.5) is 0 Å². The molecule has 1 aliphatic carbocycles. The molecule has 0 amide bonds. The Morgan fingerprint density at radius 1 is 1.64 bits per heavy atom. The van der Waals surface area contributed by atoms with E-state index in [-0.39, 0.29) is 5.56 Å². The predicted molar refractivity (Wildman–Crippen MR) is 55.5 cm³/mol. The Kier molecular flexibility index (Phi) is 2.40. The fraction of sp³-hybridized carbons (Fsp3) is 0.636. The number of H-pyrrole nitrogens is 1. The SMILES string of the molecule is CCC(C)c1nc(C2CC2)cc(=O)[nH]1. The number of aromatic amines is 1. The minimum atomic E-state index is -0.00259. The van der Waals surface area contributed by atoms with Gasteiger partial charge in [-0.1, -0.05) is 13.8 Å². The Labute approximate surface area is 83.6 Å². The fourth-order valence-corrected chi connectivity index (χ4v) is 1.51. The Bertz CT molecular complexity index is 379. The van der Waals surface area contributed by atoms with Gasteiger partial charge in [0.1, 0.15) is 5.82 Å². The lowest BCUT2D eigenvalue weighted by atomic mass is 10.1. The molecule has 1 aromatic heterocycles. The first-order valence-electron chi connectivity index (χ1n) is 5.32. The van der Waals surface area contributed by atoms with Crippen LogP contribution in [0.1, 0.15) is 56.5 Å². The summed E-state index contributed by atoms with van der Waals surface area (Å²) in [6.07, 6.45) is 3.39. The largest absolute Gasteiger partial charge is 0.310 e. The van der Waals surface area contributed by atoms with Gasteiger partial charge in [-0.2, -0.15) is 0 Å². The third-order valence-corrected chi connectivity index (χ3v) is 2.85. The summed E-state index contributed by atoms with van der Waals surface area (Å²) in [5, 5.41) is 0. The van der Waals surface area contributed by atoms with Crippen molar-refractivity contribution in [2.75, 3.05) is 0 Å². The highest BCUT2D eigenvalue weighted by molar-refractivity contribution is 5.15. The lowest BCUT2D eigenvalue weighted by Crippen LogP contribution is -2.14. The van der Waals surface area contributed by atoms with Gasteiger partial charge in [-0.3, -0.25) is 4.79 Å². The lowest BCUT2D eigenvalue weighted by Gasteiger charge is -2.08. The Hall–Kier alpha value is -1.12.